The summed E-state index contributed by atoms with van der Waals surface area (Å²) in [5.74, 6) is -2.03. The second kappa shape index (κ2) is 31.8. The number of aliphatic hydroxyl groups excluding tert-OH is 3. The third-order valence-electron chi connectivity index (χ3n) is 8.89. The summed E-state index contributed by atoms with van der Waals surface area (Å²) in [6.45, 7) is 3.61. The van der Waals surface area contributed by atoms with E-state index in [0.717, 1.165) is 64.2 Å². The molecule has 54 heavy (non-hydrogen) atoms. The predicted molar refractivity (Wildman–Crippen MR) is 210 cm³/mol. The van der Waals surface area contributed by atoms with E-state index in [1.165, 1.54) is 38.5 Å². The molecule has 0 spiro atoms. The lowest BCUT2D eigenvalue weighted by Crippen LogP contribution is -2.60. The molecule has 0 radical (unpaired) electrons. The first-order valence-corrected chi connectivity index (χ1v) is 21.8. The Hall–Kier alpha value is -2.39. The van der Waals surface area contributed by atoms with Crippen molar-refractivity contribution >= 4 is 22.1 Å². The molecule has 1 saturated heterocycles. The molecule has 0 aromatic heterocycles. The van der Waals surface area contributed by atoms with Crippen LogP contribution in [0.3, 0.4) is 0 Å². The summed E-state index contributed by atoms with van der Waals surface area (Å²) < 4.78 is 53.8. The highest BCUT2D eigenvalue weighted by atomic mass is 32.2. The molecule has 1 aliphatic heterocycles. The van der Waals surface area contributed by atoms with Gasteiger partial charge in [0, 0.05) is 12.8 Å². The van der Waals surface area contributed by atoms with E-state index in [2.05, 4.69) is 62.5 Å². The summed E-state index contributed by atoms with van der Waals surface area (Å²) in [4.78, 5) is 25.2. The summed E-state index contributed by atoms with van der Waals surface area (Å²) in [5, 5.41) is 30.7. The molecule has 0 aromatic rings. The van der Waals surface area contributed by atoms with Gasteiger partial charge in [-0.25, -0.2) is 0 Å². The van der Waals surface area contributed by atoms with Crippen LogP contribution in [0.1, 0.15) is 142 Å². The maximum atomic E-state index is 12.7. The molecule has 1 heterocycles. The van der Waals surface area contributed by atoms with E-state index in [0.29, 0.717) is 12.8 Å². The Morgan fingerprint density at radius 1 is 0.630 bits per heavy atom. The maximum absolute atomic E-state index is 12.7. The standard InChI is InChI=1S/C41H70O12S/c1-3-5-7-9-11-13-14-15-16-17-18-19-20-22-23-25-27-29-36(42)50-31-34(52-37(43)30-28-26-24-21-12-10-8-6-4-2)32-51-41-40(46)39(45)38(44)35(53-41)33-54(47,48)49/h7,9,13-14,16-17,19-20,34-35,38-41,44-46H,3-6,8,10-12,15,18,21-33H2,1-2H3,(H,47,48,49)/b9-7+,14-13+,17-16+,20-19+/t34-,35-,38-,39?,40?,41+/m1/s1. The van der Waals surface area contributed by atoms with Gasteiger partial charge in [0.1, 0.15) is 36.8 Å². The first-order chi connectivity index (χ1) is 26.0. The Morgan fingerprint density at radius 3 is 1.72 bits per heavy atom. The zero-order valence-electron chi connectivity index (χ0n) is 32.8. The fourth-order valence-electron chi connectivity index (χ4n) is 5.72. The molecule has 0 aromatic carbocycles. The minimum Gasteiger partial charge on any atom is -0.462 e. The van der Waals surface area contributed by atoms with Crippen molar-refractivity contribution in [2.24, 2.45) is 0 Å². The van der Waals surface area contributed by atoms with Crippen molar-refractivity contribution in [2.45, 2.75) is 179 Å². The number of allylic oxidation sites excluding steroid dienone is 8. The molecule has 6 atom stereocenters. The lowest BCUT2D eigenvalue weighted by Gasteiger charge is -2.40. The summed E-state index contributed by atoms with van der Waals surface area (Å²) in [7, 11) is -4.60. The molecular weight excluding hydrogens is 717 g/mol. The number of rotatable bonds is 32. The van der Waals surface area contributed by atoms with Gasteiger partial charge in [-0.05, 0) is 51.4 Å². The van der Waals surface area contributed by atoms with Crippen LogP contribution in [0.2, 0.25) is 0 Å². The number of aliphatic hydroxyl groups is 3. The summed E-state index contributed by atoms with van der Waals surface area (Å²) in [6, 6.07) is 0. The molecule has 1 aliphatic rings. The van der Waals surface area contributed by atoms with Crippen molar-refractivity contribution < 1.29 is 56.8 Å². The van der Waals surface area contributed by atoms with Crippen LogP contribution in [-0.2, 0) is 38.7 Å². The highest BCUT2D eigenvalue weighted by Crippen LogP contribution is 2.24. The van der Waals surface area contributed by atoms with Crippen LogP contribution in [0.5, 0.6) is 0 Å². The number of carbonyl (C=O) groups is 2. The lowest BCUT2D eigenvalue weighted by molar-refractivity contribution is -0.297. The third-order valence-corrected chi connectivity index (χ3v) is 9.64. The van der Waals surface area contributed by atoms with Crippen LogP contribution in [0, 0.1) is 0 Å². The normalized spacial score (nSPS) is 21.5. The molecule has 4 N–H and O–H groups in total. The topological polar surface area (TPSA) is 186 Å². The Balaban J connectivity index is 2.50. The van der Waals surface area contributed by atoms with Crippen LogP contribution in [0.15, 0.2) is 48.6 Å². The predicted octanol–water partition coefficient (Wildman–Crippen LogP) is 7.22. The largest absolute Gasteiger partial charge is 0.462 e. The SMILES string of the molecule is CCC/C=C/C/C=C/C/C=C/C/C=C/CCCCCC(=O)OC[C@H](CO[C@H]1O[C@H](CS(=O)(=O)O)[C@@H](O)C(O)C1O)OC(=O)CCCCCCCCCCC. The number of ether oxygens (including phenoxy) is 4. The highest BCUT2D eigenvalue weighted by Gasteiger charge is 2.46. The van der Waals surface area contributed by atoms with Crippen molar-refractivity contribution in [2.75, 3.05) is 19.0 Å². The smallest absolute Gasteiger partial charge is 0.306 e. The third kappa shape index (κ3) is 26.4. The zero-order chi connectivity index (χ0) is 39.9. The summed E-state index contributed by atoms with van der Waals surface area (Å²) in [6.07, 6.45) is 26.1. The van der Waals surface area contributed by atoms with Gasteiger partial charge in [0.25, 0.3) is 10.1 Å². The van der Waals surface area contributed by atoms with Crippen molar-refractivity contribution in [3.63, 3.8) is 0 Å². The number of esters is 2. The molecule has 0 bridgehead atoms. The van der Waals surface area contributed by atoms with Gasteiger partial charge >= 0.3 is 11.9 Å². The van der Waals surface area contributed by atoms with E-state index in [4.69, 9.17) is 18.9 Å². The second-order valence-electron chi connectivity index (χ2n) is 14.0. The van der Waals surface area contributed by atoms with Gasteiger partial charge in [0.2, 0.25) is 0 Å². The molecule has 2 unspecified atom stereocenters. The van der Waals surface area contributed by atoms with Crippen molar-refractivity contribution in [3.8, 4) is 0 Å². The minimum absolute atomic E-state index is 0.156. The summed E-state index contributed by atoms with van der Waals surface area (Å²) >= 11 is 0. The van der Waals surface area contributed by atoms with Gasteiger partial charge in [-0.1, -0.05) is 127 Å². The fourth-order valence-corrected chi connectivity index (χ4v) is 6.42. The van der Waals surface area contributed by atoms with Crippen LogP contribution in [-0.4, -0.2) is 96.0 Å². The highest BCUT2D eigenvalue weighted by molar-refractivity contribution is 7.85. The number of hydrogen-bond donors (Lipinski definition) is 4. The lowest BCUT2D eigenvalue weighted by atomic mass is 10.00. The molecule has 312 valence electrons. The van der Waals surface area contributed by atoms with Crippen molar-refractivity contribution in [1.82, 2.24) is 0 Å². The molecule has 0 amide bonds. The van der Waals surface area contributed by atoms with Crippen LogP contribution >= 0.6 is 0 Å². The van der Waals surface area contributed by atoms with Gasteiger partial charge < -0.3 is 34.3 Å². The monoisotopic (exact) mass is 786 g/mol. The van der Waals surface area contributed by atoms with Crippen LogP contribution < -0.4 is 0 Å². The van der Waals surface area contributed by atoms with Gasteiger partial charge in [0.05, 0.1) is 6.61 Å². The fraction of sp³-hybridized carbons (Fsp3) is 0.756. The molecular formula is C41H70O12S. The van der Waals surface area contributed by atoms with E-state index in [9.17, 15) is 37.9 Å². The van der Waals surface area contributed by atoms with Crippen molar-refractivity contribution in [1.29, 1.82) is 0 Å². The Bertz CT molecular complexity index is 1200. The molecule has 1 rings (SSSR count). The van der Waals surface area contributed by atoms with Gasteiger partial charge in [-0.2, -0.15) is 8.42 Å². The van der Waals surface area contributed by atoms with E-state index in [1.807, 2.05) is 0 Å². The van der Waals surface area contributed by atoms with E-state index < -0.39 is 71.2 Å². The first-order valence-electron chi connectivity index (χ1n) is 20.2. The van der Waals surface area contributed by atoms with Gasteiger partial charge in [-0.15, -0.1) is 0 Å². The quantitative estimate of drug-likeness (QED) is 0.0233. The van der Waals surface area contributed by atoms with E-state index in [-0.39, 0.29) is 19.4 Å². The first kappa shape index (κ1) is 49.6. The number of carbonyl (C=O) groups excluding carboxylic acids is 2. The molecule has 0 saturated carbocycles. The van der Waals surface area contributed by atoms with Crippen molar-refractivity contribution in [3.05, 3.63) is 48.6 Å². The zero-order valence-corrected chi connectivity index (χ0v) is 33.6. The Kier molecular flexibility index (Phi) is 29.2. The minimum atomic E-state index is -4.60. The van der Waals surface area contributed by atoms with Crippen LogP contribution in [0.25, 0.3) is 0 Å². The van der Waals surface area contributed by atoms with Gasteiger partial charge in [0.15, 0.2) is 12.4 Å². The Morgan fingerprint density at radius 2 is 1.15 bits per heavy atom. The van der Waals surface area contributed by atoms with E-state index >= 15 is 0 Å². The Labute approximate surface area is 324 Å². The molecule has 12 nitrogen and oxygen atoms in total. The van der Waals surface area contributed by atoms with Gasteiger partial charge in [-0.3, -0.25) is 14.1 Å². The number of hydrogen-bond acceptors (Lipinski definition) is 11. The van der Waals surface area contributed by atoms with E-state index in [1.54, 1.807) is 0 Å². The molecule has 13 heteroatoms. The summed E-state index contributed by atoms with van der Waals surface area (Å²) in [5.41, 5.74) is 0. The average molecular weight is 787 g/mol. The number of unbranched alkanes of at least 4 members (excludes halogenated alkanes) is 12. The maximum Gasteiger partial charge on any atom is 0.306 e. The molecule has 1 fully saturated rings. The van der Waals surface area contributed by atoms with Crippen LogP contribution in [0.4, 0.5) is 0 Å². The molecule has 0 aliphatic carbocycles. The average Bonchev–Trinajstić information content (AvgIpc) is 3.13. The second-order valence-corrected chi connectivity index (χ2v) is 15.4.